The predicted octanol–water partition coefficient (Wildman–Crippen LogP) is 3.64. The highest BCUT2D eigenvalue weighted by atomic mass is 28.3. The summed E-state index contributed by atoms with van der Waals surface area (Å²) in [7, 11) is 0.372. The second-order valence-electron chi connectivity index (χ2n) is 10.7. The van der Waals surface area contributed by atoms with Gasteiger partial charge in [0, 0.05) is 46.7 Å². The lowest BCUT2D eigenvalue weighted by molar-refractivity contribution is 0.00620. The van der Waals surface area contributed by atoms with E-state index in [1.165, 1.54) is 0 Å². The Labute approximate surface area is 214 Å². The maximum atomic E-state index is 13.1. The summed E-state index contributed by atoms with van der Waals surface area (Å²) in [5.74, 6) is 2.04. The molecule has 10 heteroatoms. The highest BCUT2D eigenvalue weighted by molar-refractivity contribution is 6.76. The Morgan fingerprint density at radius 3 is 2.56 bits per heavy atom. The first-order chi connectivity index (χ1) is 17.2. The van der Waals surface area contributed by atoms with Gasteiger partial charge in [-0.15, -0.1) is 0 Å². The van der Waals surface area contributed by atoms with Gasteiger partial charge in [0.2, 0.25) is 5.88 Å². The van der Waals surface area contributed by atoms with Crippen molar-refractivity contribution in [2.45, 2.75) is 57.6 Å². The number of amides is 1. The summed E-state index contributed by atoms with van der Waals surface area (Å²) >= 11 is 0. The van der Waals surface area contributed by atoms with Gasteiger partial charge in [0.1, 0.15) is 30.4 Å². The minimum absolute atomic E-state index is 0.0988. The van der Waals surface area contributed by atoms with Gasteiger partial charge >= 0.3 is 0 Å². The van der Waals surface area contributed by atoms with Crippen molar-refractivity contribution in [1.29, 1.82) is 0 Å². The predicted molar refractivity (Wildman–Crippen MR) is 141 cm³/mol. The van der Waals surface area contributed by atoms with Crippen LogP contribution in [0.2, 0.25) is 25.7 Å². The lowest BCUT2D eigenvalue weighted by atomic mass is 10.1. The zero-order chi connectivity index (χ0) is 25.9. The second-order valence-corrected chi connectivity index (χ2v) is 16.3. The van der Waals surface area contributed by atoms with Gasteiger partial charge < -0.3 is 29.1 Å². The van der Waals surface area contributed by atoms with Crippen molar-refractivity contribution in [3.8, 4) is 11.6 Å². The summed E-state index contributed by atoms with van der Waals surface area (Å²) < 4.78 is 17.1. The van der Waals surface area contributed by atoms with E-state index in [-0.39, 0.29) is 25.3 Å². The van der Waals surface area contributed by atoms with E-state index in [0.717, 1.165) is 49.1 Å². The lowest BCUT2D eigenvalue weighted by Gasteiger charge is -2.34. The molecule has 0 bridgehead atoms. The Bertz CT molecular complexity index is 1050. The molecule has 1 fully saturated rings. The Hall–Kier alpha value is -2.69. The normalized spacial score (nSPS) is 18.5. The molecule has 0 saturated carbocycles. The van der Waals surface area contributed by atoms with E-state index in [4.69, 9.17) is 19.2 Å². The summed E-state index contributed by atoms with van der Waals surface area (Å²) in [6.07, 6.45) is 3.49. The Kier molecular flexibility index (Phi) is 8.16. The molecule has 36 heavy (non-hydrogen) atoms. The highest BCUT2D eigenvalue weighted by Gasteiger charge is 2.39. The molecule has 0 aromatic carbocycles. The first-order valence-corrected chi connectivity index (χ1v) is 16.3. The van der Waals surface area contributed by atoms with Crippen molar-refractivity contribution >= 4 is 19.8 Å². The average molecular weight is 515 g/mol. The number of aryl methyl sites for hydroxylation is 1. The van der Waals surface area contributed by atoms with Crippen LogP contribution in [0.5, 0.6) is 11.6 Å². The molecular formula is C26H38N4O5Si. The van der Waals surface area contributed by atoms with Crippen LogP contribution in [0.3, 0.4) is 0 Å². The molecule has 1 unspecified atom stereocenters. The maximum absolute atomic E-state index is 13.1. The Balaban J connectivity index is 1.40. The van der Waals surface area contributed by atoms with Gasteiger partial charge in [-0.05, 0) is 30.7 Å². The van der Waals surface area contributed by atoms with Gasteiger partial charge in [0.25, 0.3) is 5.91 Å². The number of hydrogen-bond donors (Lipinski definition) is 1. The van der Waals surface area contributed by atoms with Gasteiger partial charge in [-0.2, -0.15) is 0 Å². The zero-order valence-electron chi connectivity index (χ0n) is 22.0. The van der Waals surface area contributed by atoms with Gasteiger partial charge in [0.05, 0.1) is 31.2 Å². The Morgan fingerprint density at radius 2 is 1.94 bits per heavy atom. The zero-order valence-corrected chi connectivity index (χ0v) is 23.0. The SMILES string of the molecule is COc1ccc(OC2CCN(c3nc4c(cc3C)C(=O)N(COCC[Si](C)(C)C)C4CO)CC2)cn1. The summed E-state index contributed by atoms with van der Waals surface area (Å²) in [6, 6.07) is 6.12. The number of anilines is 1. The van der Waals surface area contributed by atoms with Crippen molar-refractivity contribution in [2.75, 3.05) is 45.0 Å². The van der Waals surface area contributed by atoms with Crippen LogP contribution in [-0.2, 0) is 4.74 Å². The van der Waals surface area contributed by atoms with Crippen LogP contribution in [0, 0.1) is 6.92 Å². The quantitative estimate of drug-likeness (QED) is 0.379. The van der Waals surface area contributed by atoms with Crippen LogP contribution in [0.1, 0.15) is 40.5 Å². The van der Waals surface area contributed by atoms with Crippen molar-refractivity contribution in [1.82, 2.24) is 14.9 Å². The summed E-state index contributed by atoms with van der Waals surface area (Å²) in [5.41, 5.74) is 2.16. The number of carbonyl (C=O) groups is 1. The molecule has 9 nitrogen and oxygen atoms in total. The monoisotopic (exact) mass is 514 g/mol. The number of ether oxygens (including phenoxy) is 3. The molecule has 2 aliphatic heterocycles. The van der Waals surface area contributed by atoms with Crippen molar-refractivity contribution in [3.05, 3.63) is 41.2 Å². The topological polar surface area (TPSA) is 97.3 Å². The van der Waals surface area contributed by atoms with Crippen LogP contribution in [0.25, 0.3) is 0 Å². The molecule has 1 saturated heterocycles. The van der Waals surface area contributed by atoms with E-state index in [1.807, 2.05) is 19.1 Å². The number of aromatic nitrogens is 2. The van der Waals surface area contributed by atoms with Crippen LogP contribution >= 0.6 is 0 Å². The molecule has 2 aromatic heterocycles. The largest absolute Gasteiger partial charge is 0.489 e. The van der Waals surface area contributed by atoms with Gasteiger partial charge in [-0.3, -0.25) is 4.79 Å². The van der Waals surface area contributed by atoms with Crippen molar-refractivity contribution < 1.29 is 24.1 Å². The molecule has 4 rings (SSSR count). The van der Waals surface area contributed by atoms with Crippen LogP contribution in [0.4, 0.5) is 5.82 Å². The smallest absolute Gasteiger partial charge is 0.258 e. The number of fused-ring (bicyclic) bond motifs is 1. The third kappa shape index (κ3) is 5.99. The first-order valence-electron chi connectivity index (χ1n) is 12.6. The molecule has 1 atom stereocenters. The summed E-state index contributed by atoms with van der Waals surface area (Å²) in [4.78, 5) is 26.1. The molecule has 4 heterocycles. The number of piperidine rings is 1. The van der Waals surface area contributed by atoms with E-state index in [1.54, 1.807) is 24.3 Å². The van der Waals surface area contributed by atoms with E-state index >= 15 is 0 Å². The summed E-state index contributed by atoms with van der Waals surface area (Å²) in [5, 5.41) is 10.1. The molecule has 1 N–H and O–H groups in total. The second kappa shape index (κ2) is 11.1. The van der Waals surface area contributed by atoms with E-state index in [2.05, 4.69) is 29.5 Å². The van der Waals surface area contributed by atoms with Gasteiger partial charge in [-0.25, -0.2) is 9.97 Å². The number of hydrogen-bond acceptors (Lipinski definition) is 8. The fourth-order valence-corrected chi connectivity index (χ4v) is 5.37. The molecule has 1 amide bonds. The van der Waals surface area contributed by atoms with Gasteiger partial charge in [0.15, 0.2) is 0 Å². The molecule has 0 spiro atoms. The number of rotatable bonds is 10. The molecule has 0 radical (unpaired) electrons. The minimum Gasteiger partial charge on any atom is -0.489 e. The maximum Gasteiger partial charge on any atom is 0.258 e. The number of carbonyl (C=O) groups excluding carboxylic acids is 1. The third-order valence-corrected chi connectivity index (χ3v) is 8.47. The van der Waals surface area contributed by atoms with Crippen LogP contribution < -0.4 is 14.4 Å². The van der Waals surface area contributed by atoms with E-state index < -0.39 is 14.1 Å². The minimum atomic E-state index is -1.22. The number of aliphatic hydroxyl groups excluding tert-OH is 1. The molecule has 0 aliphatic carbocycles. The van der Waals surface area contributed by atoms with E-state index in [9.17, 15) is 9.90 Å². The number of methoxy groups -OCH3 is 1. The van der Waals surface area contributed by atoms with Gasteiger partial charge in [-0.1, -0.05) is 19.6 Å². The van der Waals surface area contributed by atoms with Crippen molar-refractivity contribution in [2.24, 2.45) is 0 Å². The van der Waals surface area contributed by atoms with Crippen LogP contribution in [-0.4, -0.2) is 80.2 Å². The molecular weight excluding hydrogens is 476 g/mol. The van der Waals surface area contributed by atoms with Crippen LogP contribution in [0.15, 0.2) is 24.4 Å². The van der Waals surface area contributed by atoms with E-state index in [0.29, 0.717) is 23.7 Å². The third-order valence-electron chi connectivity index (χ3n) is 6.76. The standard InChI is InChI=1S/C26H38N4O5Si/c1-18-14-21-24(22(16-31)30(26(21)32)17-34-12-13-36(3,4)5)28-25(18)29-10-8-19(9-11-29)35-20-6-7-23(33-2)27-15-20/h6-7,14-15,19,22,31H,8-13,16-17H2,1-5H3. The number of aliphatic hydroxyl groups is 1. The molecule has 2 aromatic rings. The Morgan fingerprint density at radius 1 is 1.19 bits per heavy atom. The number of nitrogens with zero attached hydrogens (tertiary/aromatic N) is 4. The molecule has 196 valence electrons. The fraction of sp³-hybridized carbons (Fsp3) is 0.577. The summed E-state index contributed by atoms with van der Waals surface area (Å²) in [6.45, 7) is 11.1. The van der Waals surface area contributed by atoms with Crippen molar-refractivity contribution in [3.63, 3.8) is 0 Å². The highest BCUT2D eigenvalue weighted by Crippen LogP contribution is 2.36. The number of pyridine rings is 2. The molecule has 2 aliphatic rings. The average Bonchev–Trinajstić information content (AvgIpc) is 3.11. The fourth-order valence-electron chi connectivity index (χ4n) is 4.62. The lowest BCUT2D eigenvalue weighted by Crippen LogP contribution is -2.39. The first kappa shape index (κ1) is 26.4.